The molecule has 1 aliphatic heterocycles. The number of hydrogen-bond acceptors (Lipinski definition) is 7. The number of piperazine rings is 1. The van der Waals surface area contributed by atoms with E-state index in [0.717, 1.165) is 28.4 Å². The van der Waals surface area contributed by atoms with Crippen molar-refractivity contribution in [3.05, 3.63) is 53.2 Å². The van der Waals surface area contributed by atoms with Crippen LogP contribution in [0.15, 0.2) is 51.2 Å². The molecular formula is C21H24N4O2S2. The molecule has 0 spiro atoms. The molecule has 1 aliphatic rings. The maximum Gasteiger partial charge on any atom is 0.268 e. The molecule has 3 aromatic rings. The van der Waals surface area contributed by atoms with E-state index in [4.69, 9.17) is 4.52 Å². The molecule has 0 aliphatic carbocycles. The predicted octanol–water partition coefficient (Wildman–Crippen LogP) is 4.26. The van der Waals surface area contributed by atoms with Crippen molar-refractivity contribution in [1.82, 2.24) is 19.9 Å². The average molecular weight is 429 g/mol. The summed E-state index contributed by atoms with van der Waals surface area (Å²) in [4.78, 5) is 23.8. The molecule has 1 fully saturated rings. The van der Waals surface area contributed by atoms with Gasteiger partial charge in [-0.15, -0.1) is 23.1 Å². The summed E-state index contributed by atoms with van der Waals surface area (Å²) in [5.41, 5.74) is 0.804. The second-order valence-electron chi connectivity index (χ2n) is 7.22. The van der Waals surface area contributed by atoms with Gasteiger partial charge in [-0.3, -0.25) is 9.69 Å². The fraction of sp³-hybridized carbons (Fsp3) is 0.381. The van der Waals surface area contributed by atoms with E-state index in [2.05, 4.69) is 28.9 Å². The fourth-order valence-electron chi connectivity index (χ4n) is 3.30. The highest BCUT2D eigenvalue weighted by Crippen LogP contribution is 2.28. The third kappa shape index (κ3) is 4.88. The molecule has 1 saturated heterocycles. The van der Waals surface area contributed by atoms with E-state index in [1.807, 2.05) is 46.7 Å². The number of carbonyl (C=O) groups is 1. The highest BCUT2D eigenvalue weighted by molar-refractivity contribution is 8.00. The third-order valence-electron chi connectivity index (χ3n) is 4.70. The van der Waals surface area contributed by atoms with E-state index in [1.54, 1.807) is 23.1 Å². The van der Waals surface area contributed by atoms with Gasteiger partial charge in [0.2, 0.25) is 0 Å². The molecule has 1 aromatic carbocycles. The van der Waals surface area contributed by atoms with Crippen molar-refractivity contribution in [1.29, 1.82) is 0 Å². The Bertz CT molecular complexity index is 947. The molecule has 0 unspecified atom stereocenters. The molecule has 8 heteroatoms. The van der Waals surface area contributed by atoms with Crippen LogP contribution in [0.1, 0.15) is 30.0 Å². The van der Waals surface area contributed by atoms with Gasteiger partial charge in [0.1, 0.15) is 0 Å². The SMILES string of the molecule is CC(C)Sc1ccccc1C(=O)N1CCN(Cc2noc(-c3cccs3)n2)CC1. The van der Waals surface area contributed by atoms with Crippen LogP contribution in [0.25, 0.3) is 10.8 Å². The van der Waals surface area contributed by atoms with E-state index < -0.39 is 0 Å². The van der Waals surface area contributed by atoms with Crippen molar-refractivity contribution in [3.63, 3.8) is 0 Å². The summed E-state index contributed by atoms with van der Waals surface area (Å²) in [5.74, 6) is 1.38. The zero-order chi connectivity index (χ0) is 20.2. The second kappa shape index (κ2) is 9.11. The normalized spacial score (nSPS) is 15.2. The Kier molecular flexibility index (Phi) is 6.32. The number of hydrogen-bond donors (Lipinski definition) is 0. The van der Waals surface area contributed by atoms with Crippen molar-refractivity contribution in [2.75, 3.05) is 26.2 Å². The lowest BCUT2D eigenvalue weighted by atomic mass is 10.2. The van der Waals surface area contributed by atoms with E-state index in [0.29, 0.717) is 36.6 Å². The summed E-state index contributed by atoms with van der Waals surface area (Å²) < 4.78 is 5.37. The number of amides is 1. The summed E-state index contributed by atoms with van der Waals surface area (Å²) >= 11 is 3.32. The Morgan fingerprint density at radius 2 is 1.97 bits per heavy atom. The van der Waals surface area contributed by atoms with Crippen molar-refractivity contribution >= 4 is 29.0 Å². The smallest absolute Gasteiger partial charge is 0.268 e. The molecule has 3 heterocycles. The highest BCUT2D eigenvalue weighted by atomic mass is 32.2. The van der Waals surface area contributed by atoms with Gasteiger partial charge in [-0.25, -0.2) is 0 Å². The number of carbonyl (C=O) groups excluding carboxylic acids is 1. The monoisotopic (exact) mass is 428 g/mol. The topological polar surface area (TPSA) is 62.5 Å². The Labute approximate surface area is 178 Å². The maximum absolute atomic E-state index is 13.1. The molecule has 6 nitrogen and oxygen atoms in total. The van der Waals surface area contributed by atoms with Crippen LogP contribution in [0.5, 0.6) is 0 Å². The molecule has 0 N–H and O–H groups in total. The Morgan fingerprint density at radius 1 is 1.17 bits per heavy atom. The number of thioether (sulfide) groups is 1. The summed E-state index contributed by atoms with van der Waals surface area (Å²) in [5, 5.41) is 6.54. The zero-order valence-electron chi connectivity index (χ0n) is 16.6. The lowest BCUT2D eigenvalue weighted by molar-refractivity contribution is 0.0621. The molecule has 0 saturated carbocycles. The van der Waals surface area contributed by atoms with Crippen molar-refractivity contribution in [2.24, 2.45) is 0 Å². The molecule has 0 atom stereocenters. The van der Waals surface area contributed by atoms with Gasteiger partial charge < -0.3 is 9.42 Å². The number of benzene rings is 1. The first kappa shape index (κ1) is 20.1. The lowest BCUT2D eigenvalue weighted by Gasteiger charge is -2.34. The van der Waals surface area contributed by atoms with Crippen LogP contribution in [-0.4, -0.2) is 57.3 Å². The minimum absolute atomic E-state index is 0.118. The van der Waals surface area contributed by atoms with Gasteiger partial charge in [0.05, 0.1) is 17.0 Å². The summed E-state index contributed by atoms with van der Waals surface area (Å²) in [6.07, 6.45) is 0. The number of rotatable bonds is 6. The van der Waals surface area contributed by atoms with Crippen LogP contribution in [0.4, 0.5) is 0 Å². The first-order valence-electron chi connectivity index (χ1n) is 9.74. The van der Waals surface area contributed by atoms with Crippen LogP contribution in [0, 0.1) is 0 Å². The Hall–Kier alpha value is -2.16. The summed E-state index contributed by atoms with van der Waals surface area (Å²) in [6, 6.07) is 11.9. The van der Waals surface area contributed by atoms with Gasteiger partial charge >= 0.3 is 0 Å². The molecule has 1 amide bonds. The minimum atomic E-state index is 0.118. The van der Waals surface area contributed by atoms with E-state index in [1.165, 1.54) is 0 Å². The average Bonchev–Trinajstić information content (AvgIpc) is 3.40. The van der Waals surface area contributed by atoms with Crippen LogP contribution < -0.4 is 0 Å². The van der Waals surface area contributed by atoms with Crippen LogP contribution in [0.2, 0.25) is 0 Å². The Morgan fingerprint density at radius 3 is 2.69 bits per heavy atom. The predicted molar refractivity (Wildman–Crippen MR) is 116 cm³/mol. The van der Waals surface area contributed by atoms with Crippen LogP contribution in [-0.2, 0) is 6.54 Å². The minimum Gasteiger partial charge on any atom is -0.336 e. The molecular weight excluding hydrogens is 404 g/mol. The molecule has 152 valence electrons. The number of aromatic nitrogens is 2. The molecule has 0 bridgehead atoms. The number of nitrogens with zero attached hydrogens (tertiary/aromatic N) is 4. The molecule has 29 heavy (non-hydrogen) atoms. The van der Waals surface area contributed by atoms with Crippen molar-refractivity contribution in [2.45, 2.75) is 30.5 Å². The van der Waals surface area contributed by atoms with Crippen molar-refractivity contribution in [3.8, 4) is 10.8 Å². The van der Waals surface area contributed by atoms with Crippen molar-refractivity contribution < 1.29 is 9.32 Å². The Balaban J connectivity index is 1.34. The van der Waals surface area contributed by atoms with E-state index in [9.17, 15) is 4.79 Å². The van der Waals surface area contributed by atoms with Gasteiger partial charge in [-0.2, -0.15) is 4.98 Å². The first-order valence-corrected chi connectivity index (χ1v) is 11.5. The van der Waals surface area contributed by atoms with Gasteiger partial charge in [0.15, 0.2) is 5.82 Å². The summed E-state index contributed by atoms with van der Waals surface area (Å²) in [7, 11) is 0. The standard InChI is InChI=1S/C21H24N4O2S2/c1-15(2)29-17-7-4-3-6-16(17)21(26)25-11-9-24(10-12-25)14-19-22-20(27-23-19)18-8-5-13-28-18/h3-8,13,15H,9-12,14H2,1-2H3. The highest BCUT2D eigenvalue weighted by Gasteiger charge is 2.25. The van der Waals surface area contributed by atoms with Crippen LogP contribution in [0.3, 0.4) is 0 Å². The molecule has 0 radical (unpaired) electrons. The third-order valence-corrected chi connectivity index (χ3v) is 6.64. The van der Waals surface area contributed by atoms with Gasteiger partial charge in [-0.1, -0.05) is 37.2 Å². The fourth-order valence-corrected chi connectivity index (χ4v) is 4.89. The lowest BCUT2D eigenvalue weighted by Crippen LogP contribution is -2.48. The molecule has 2 aromatic heterocycles. The van der Waals surface area contributed by atoms with Gasteiger partial charge in [0.25, 0.3) is 11.8 Å². The van der Waals surface area contributed by atoms with Gasteiger partial charge in [0, 0.05) is 36.3 Å². The molecule has 4 rings (SSSR count). The summed E-state index contributed by atoms with van der Waals surface area (Å²) in [6.45, 7) is 7.93. The second-order valence-corrected chi connectivity index (χ2v) is 9.79. The van der Waals surface area contributed by atoms with Gasteiger partial charge in [-0.05, 0) is 23.6 Å². The van der Waals surface area contributed by atoms with Crippen LogP contribution >= 0.6 is 23.1 Å². The maximum atomic E-state index is 13.1. The number of thiophene rings is 1. The quantitative estimate of drug-likeness (QED) is 0.547. The van der Waals surface area contributed by atoms with E-state index in [-0.39, 0.29) is 5.91 Å². The van der Waals surface area contributed by atoms with E-state index >= 15 is 0 Å². The largest absolute Gasteiger partial charge is 0.336 e. The zero-order valence-corrected chi connectivity index (χ0v) is 18.2. The first-order chi connectivity index (χ1) is 14.1.